The molecule has 7 nitrogen and oxygen atoms in total. The zero-order chi connectivity index (χ0) is 20.6. The molecule has 3 aliphatic rings. The maximum atomic E-state index is 12.4. The van der Waals surface area contributed by atoms with Crippen molar-refractivity contribution in [3.63, 3.8) is 0 Å². The molecule has 29 heavy (non-hydrogen) atoms. The minimum Gasteiger partial charge on any atom is -0.444 e. The van der Waals surface area contributed by atoms with Crippen molar-refractivity contribution in [1.82, 2.24) is 15.2 Å². The van der Waals surface area contributed by atoms with E-state index in [9.17, 15) is 9.59 Å². The maximum Gasteiger partial charge on any atom is 0.410 e. The number of carbonyl (C=O) groups excluding carboxylic acids is 2. The minimum atomic E-state index is -0.480. The molecule has 2 saturated carbocycles. The summed E-state index contributed by atoms with van der Waals surface area (Å²) in [5.41, 5.74) is 1.52. The number of nitrogens with one attached hydrogen (secondary N) is 1. The van der Waals surface area contributed by atoms with Crippen LogP contribution in [-0.4, -0.2) is 59.7 Å². The van der Waals surface area contributed by atoms with Gasteiger partial charge in [-0.2, -0.15) is 0 Å². The third-order valence-electron chi connectivity index (χ3n) is 6.39. The van der Waals surface area contributed by atoms with Crippen molar-refractivity contribution in [2.45, 2.75) is 64.5 Å². The van der Waals surface area contributed by atoms with Gasteiger partial charge in [-0.15, -0.1) is 0 Å². The van der Waals surface area contributed by atoms with E-state index in [1.54, 1.807) is 17.2 Å². The highest BCUT2D eigenvalue weighted by atomic mass is 16.6. The van der Waals surface area contributed by atoms with Crippen LogP contribution in [0.3, 0.4) is 0 Å². The second-order valence-corrected chi connectivity index (χ2v) is 9.79. The van der Waals surface area contributed by atoms with E-state index in [1.165, 1.54) is 19.3 Å². The molecule has 4 rings (SSSR count). The van der Waals surface area contributed by atoms with Crippen LogP contribution in [0.25, 0.3) is 0 Å². The van der Waals surface area contributed by atoms with Crippen molar-refractivity contribution in [2.75, 3.05) is 31.1 Å². The standard InChI is InChI=1S/C22H32N4O3/c1-21(2,3)29-20(28)26-11-9-25(10-12-26)17-5-6-18(23-15-17)19(27)24-16-13-22(14-16)7-4-8-22/h5-6,15-16H,4,7-14H2,1-3H3,(H,24,27). The molecule has 1 N–H and O–H groups in total. The summed E-state index contributed by atoms with van der Waals surface area (Å²) in [5, 5.41) is 3.12. The second kappa shape index (κ2) is 7.50. The van der Waals surface area contributed by atoms with Crippen LogP contribution in [0.4, 0.5) is 10.5 Å². The van der Waals surface area contributed by atoms with Crippen molar-refractivity contribution >= 4 is 17.7 Å². The van der Waals surface area contributed by atoms with Gasteiger partial charge >= 0.3 is 6.09 Å². The first-order chi connectivity index (χ1) is 13.7. The minimum absolute atomic E-state index is 0.0783. The topological polar surface area (TPSA) is 74.8 Å². The molecular formula is C22H32N4O3. The molecule has 7 heteroatoms. The number of nitrogens with zero attached hydrogens (tertiary/aromatic N) is 3. The molecule has 2 heterocycles. The molecule has 2 aliphatic carbocycles. The lowest BCUT2D eigenvalue weighted by atomic mass is 9.54. The van der Waals surface area contributed by atoms with Gasteiger partial charge in [-0.25, -0.2) is 9.78 Å². The monoisotopic (exact) mass is 400 g/mol. The number of ether oxygens (including phenoxy) is 1. The molecule has 1 aromatic rings. The van der Waals surface area contributed by atoms with Crippen LogP contribution in [0, 0.1) is 5.41 Å². The molecule has 0 radical (unpaired) electrons. The predicted octanol–water partition coefficient (Wildman–Crippen LogP) is 3.20. The van der Waals surface area contributed by atoms with Crippen molar-refractivity contribution in [1.29, 1.82) is 0 Å². The first kappa shape index (κ1) is 20.0. The van der Waals surface area contributed by atoms with Crippen molar-refractivity contribution < 1.29 is 14.3 Å². The summed E-state index contributed by atoms with van der Waals surface area (Å²) < 4.78 is 5.44. The Morgan fingerprint density at radius 2 is 1.83 bits per heavy atom. The number of pyridine rings is 1. The first-order valence-corrected chi connectivity index (χ1v) is 10.7. The summed E-state index contributed by atoms with van der Waals surface area (Å²) in [6.45, 7) is 8.29. The third-order valence-corrected chi connectivity index (χ3v) is 6.39. The number of carbonyl (C=O) groups is 2. The number of hydrogen-bond acceptors (Lipinski definition) is 5. The normalized spacial score (nSPS) is 21.3. The Morgan fingerprint density at radius 3 is 2.34 bits per heavy atom. The summed E-state index contributed by atoms with van der Waals surface area (Å²) in [5.74, 6) is -0.0783. The lowest BCUT2D eigenvalue weighted by Crippen LogP contribution is -2.53. The number of aromatic nitrogens is 1. The van der Waals surface area contributed by atoms with Crippen molar-refractivity contribution in [2.24, 2.45) is 5.41 Å². The Hall–Kier alpha value is -2.31. The highest BCUT2D eigenvalue weighted by molar-refractivity contribution is 5.92. The van der Waals surface area contributed by atoms with E-state index in [1.807, 2.05) is 26.8 Å². The van der Waals surface area contributed by atoms with Gasteiger partial charge in [0.2, 0.25) is 0 Å². The van der Waals surface area contributed by atoms with E-state index in [0.29, 0.717) is 30.2 Å². The van der Waals surface area contributed by atoms with Crippen LogP contribution in [-0.2, 0) is 4.74 Å². The number of piperazine rings is 1. The van der Waals surface area contributed by atoms with Gasteiger partial charge in [0.25, 0.3) is 5.91 Å². The molecule has 0 atom stereocenters. The lowest BCUT2D eigenvalue weighted by Gasteiger charge is -2.54. The van der Waals surface area contributed by atoms with E-state index < -0.39 is 5.60 Å². The average molecular weight is 401 g/mol. The molecule has 1 aliphatic heterocycles. The Kier molecular flexibility index (Phi) is 5.17. The van der Waals surface area contributed by atoms with Crippen LogP contribution in [0.15, 0.2) is 18.3 Å². The zero-order valence-corrected chi connectivity index (χ0v) is 17.7. The van der Waals surface area contributed by atoms with Crippen LogP contribution in [0.5, 0.6) is 0 Å². The first-order valence-electron chi connectivity index (χ1n) is 10.7. The maximum absolute atomic E-state index is 12.4. The van der Waals surface area contributed by atoms with Gasteiger partial charge in [-0.3, -0.25) is 4.79 Å². The van der Waals surface area contributed by atoms with Crippen molar-refractivity contribution in [3.05, 3.63) is 24.0 Å². The molecule has 2 amide bonds. The van der Waals surface area contributed by atoms with Crippen LogP contribution < -0.4 is 10.2 Å². The lowest BCUT2D eigenvalue weighted by molar-refractivity contribution is -0.000714. The SMILES string of the molecule is CC(C)(C)OC(=O)N1CCN(c2ccc(C(=O)NC3CC4(CCC4)C3)nc2)CC1. The summed E-state index contributed by atoms with van der Waals surface area (Å²) >= 11 is 0. The number of hydrogen-bond donors (Lipinski definition) is 1. The van der Waals surface area contributed by atoms with E-state index in [4.69, 9.17) is 4.74 Å². The molecule has 0 aromatic carbocycles. The van der Waals surface area contributed by atoms with E-state index in [2.05, 4.69) is 15.2 Å². The Morgan fingerprint density at radius 1 is 1.14 bits per heavy atom. The van der Waals surface area contributed by atoms with Crippen molar-refractivity contribution in [3.8, 4) is 0 Å². The zero-order valence-electron chi connectivity index (χ0n) is 17.7. The molecule has 1 aromatic heterocycles. The summed E-state index contributed by atoms with van der Waals surface area (Å²) in [6, 6.07) is 4.05. The number of anilines is 1. The van der Waals surface area contributed by atoms with Crippen LogP contribution >= 0.6 is 0 Å². The molecule has 0 unspecified atom stereocenters. The van der Waals surface area contributed by atoms with E-state index in [0.717, 1.165) is 31.6 Å². The summed E-state index contributed by atoms with van der Waals surface area (Å²) in [6.07, 6.45) is 7.74. The fraction of sp³-hybridized carbons (Fsp3) is 0.682. The fourth-order valence-corrected chi connectivity index (χ4v) is 4.61. The predicted molar refractivity (Wildman–Crippen MR) is 111 cm³/mol. The molecule has 0 bridgehead atoms. The quantitative estimate of drug-likeness (QED) is 0.843. The highest BCUT2D eigenvalue weighted by Gasteiger charge is 2.48. The summed E-state index contributed by atoms with van der Waals surface area (Å²) in [4.78, 5) is 32.9. The Labute approximate surface area is 172 Å². The van der Waals surface area contributed by atoms with Gasteiger partial charge in [-0.1, -0.05) is 6.42 Å². The van der Waals surface area contributed by atoms with Gasteiger partial charge in [-0.05, 0) is 64.0 Å². The number of rotatable bonds is 3. The molecule has 3 fully saturated rings. The second-order valence-electron chi connectivity index (χ2n) is 9.79. The van der Waals surface area contributed by atoms with Crippen LogP contribution in [0.1, 0.15) is 63.4 Å². The molecule has 1 saturated heterocycles. The molecular weight excluding hydrogens is 368 g/mol. The Balaban J connectivity index is 1.25. The molecule has 1 spiro atoms. The van der Waals surface area contributed by atoms with E-state index >= 15 is 0 Å². The highest BCUT2D eigenvalue weighted by Crippen LogP contribution is 2.55. The van der Waals surface area contributed by atoms with E-state index in [-0.39, 0.29) is 12.0 Å². The third kappa shape index (κ3) is 4.49. The summed E-state index contributed by atoms with van der Waals surface area (Å²) in [7, 11) is 0. The van der Waals surface area contributed by atoms with Gasteiger partial charge in [0.1, 0.15) is 11.3 Å². The van der Waals surface area contributed by atoms with Gasteiger partial charge in [0, 0.05) is 32.2 Å². The average Bonchev–Trinajstić information content (AvgIpc) is 2.61. The van der Waals surface area contributed by atoms with Gasteiger partial charge < -0.3 is 19.9 Å². The number of amides is 2. The largest absolute Gasteiger partial charge is 0.444 e. The molecule has 158 valence electrons. The Bertz CT molecular complexity index is 751. The van der Waals surface area contributed by atoms with Gasteiger partial charge in [0.05, 0.1) is 11.9 Å². The van der Waals surface area contributed by atoms with Gasteiger partial charge in [0.15, 0.2) is 0 Å². The smallest absolute Gasteiger partial charge is 0.410 e. The van der Waals surface area contributed by atoms with Crippen LogP contribution in [0.2, 0.25) is 0 Å². The fourth-order valence-electron chi connectivity index (χ4n) is 4.61.